The van der Waals surface area contributed by atoms with Gasteiger partial charge in [0.15, 0.2) is 0 Å². The molecule has 2 aromatic carbocycles. The summed E-state index contributed by atoms with van der Waals surface area (Å²) < 4.78 is 5.24. The highest BCUT2D eigenvalue weighted by Crippen LogP contribution is 2.24. The van der Waals surface area contributed by atoms with Crippen LogP contribution in [-0.4, -0.2) is 21.2 Å². The number of nitrogens with one attached hydrogen (secondary N) is 2. The molecule has 0 fully saturated rings. The van der Waals surface area contributed by atoms with Gasteiger partial charge in [-0.05, 0) is 53.8 Å². The van der Waals surface area contributed by atoms with Gasteiger partial charge in [0.2, 0.25) is 0 Å². The van der Waals surface area contributed by atoms with Crippen LogP contribution in [0.5, 0.6) is 0 Å². The molecule has 0 saturated carbocycles. The molecular weight excluding hydrogens is 384 g/mol. The lowest BCUT2D eigenvalue weighted by atomic mass is 10.1. The average molecular weight is 402 g/mol. The number of aromatic nitrogens is 2. The predicted octanol–water partition coefficient (Wildman–Crippen LogP) is 4.18. The van der Waals surface area contributed by atoms with Crippen molar-refractivity contribution >= 4 is 39.1 Å². The van der Waals surface area contributed by atoms with Crippen LogP contribution in [-0.2, 0) is 6.54 Å². The van der Waals surface area contributed by atoms with Gasteiger partial charge in [0.1, 0.15) is 5.69 Å². The molecule has 2 amide bonds. The molecule has 6 nitrogen and oxygen atoms in total. The van der Waals surface area contributed by atoms with Crippen molar-refractivity contribution in [3.8, 4) is 0 Å². The molecule has 4 aromatic rings. The molecule has 0 aliphatic heterocycles. The van der Waals surface area contributed by atoms with Crippen LogP contribution in [0.25, 0.3) is 10.1 Å². The maximum atomic E-state index is 12.8. The van der Waals surface area contributed by atoms with E-state index < -0.39 is 0 Å². The maximum absolute atomic E-state index is 12.8. The van der Waals surface area contributed by atoms with Crippen molar-refractivity contribution in [3.05, 3.63) is 89.4 Å². The number of aryl methyl sites for hydroxylation is 1. The zero-order valence-corrected chi connectivity index (χ0v) is 16.5. The summed E-state index contributed by atoms with van der Waals surface area (Å²) in [7, 11) is 0. The van der Waals surface area contributed by atoms with Gasteiger partial charge >= 0.3 is 0 Å². The second-order valence-electron chi connectivity index (χ2n) is 6.56. The fraction of sp³-hybridized carbons (Fsp3) is 0.0909. The van der Waals surface area contributed by atoms with Gasteiger partial charge in [0, 0.05) is 35.6 Å². The van der Waals surface area contributed by atoms with Gasteiger partial charge in [0.25, 0.3) is 11.8 Å². The summed E-state index contributed by atoms with van der Waals surface area (Å²) in [6, 6.07) is 16.6. The Balaban J connectivity index is 1.50. The molecule has 29 heavy (non-hydrogen) atoms. The minimum Gasteiger partial charge on any atom is -0.348 e. The first kappa shape index (κ1) is 18.8. The summed E-state index contributed by atoms with van der Waals surface area (Å²) in [5, 5.41) is 6.57. The van der Waals surface area contributed by atoms with E-state index in [0.717, 1.165) is 21.2 Å². The third kappa shape index (κ3) is 4.14. The molecule has 0 atom stereocenters. The van der Waals surface area contributed by atoms with Crippen LogP contribution < -0.4 is 10.6 Å². The molecule has 0 saturated heterocycles. The summed E-state index contributed by atoms with van der Waals surface area (Å²) in [5.74, 6) is -0.512. The van der Waals surface area contributed by atoms with Crippen LogP contribution in [0.1, 0.15) is 32.0 Å². The number of carbonyl (C=O) groups is 2. The normalized spacial score (nSPS) is 10.7. The van der Waals surface area contributed by atoms with Crippen LogP contribution >= 0.6 is 11.5 Å². The Morgan fingerprint density at radius 1 is 1.03 bits per heavy atom. The topological polar surface area (TPSA) is 84.0 Å². The van der Waals surface area contributed by atoms with Gasteiger partial charge in [-0.3, -0.25) is 14.6 Å². The minimum absolute atomic E-state index is 0.219. The van der Waals surface area contributed by atoms with Crippen molar-refractivity contribution in [2.45, 2.75) is 13.5 Å². The highest BCUT2D eigenvalue weighted by molar-refractivity contribution is 7.13. The van der Waals surface area contributed by atoms with Gasteiger partial charge < -0.3 is 10.6 Å². The van der Waals surface area contributed by atoms with Gasteiger partial charge in [0.05, 0.1) is 4.70 Å². The zero-order chi connectivity index (χ0) is 20.2. The van der Waals surface area contributed by atoms with E-state index in [2.05, 4.69) is 20.0 Å². The summed E-state index contributed by atoms with van der Waals surface area (Å²) in [5.41, 5.74) is 3.22. The monoisotopic (exact) mass is 402 g/mol. The first-order valence-corrected chi connectivity index (χ1v) is 9.82. The molecule has 4 rings (SSSR count). The van der Waals surface area contributed by atoms with Crippen molar-refractivity contribution in [1.29, 1.82) is 0 Å². The number of benzene rings is 2. The Kier molecular flexibility index (Phi) is 5.31. The first-order valence-electron chi connectivity index (χ1n) is 9.05. The van der Waals surface area contributed by atoms with Crippen LogP contribution in [0.3, 0.4) is 0 Å². The number of anilines is 1. The maximum Gasteiger partial charge on any atom is 0.276 e. The van der Waals surface area contributed by atoms with E-state index in [4.69, 9.17) is 0 Å². The number of hydrogen-bond donors (Lipinski definition) is 2. The Morgan fingerprint density at radius 2 is 1.90 bits per heavy atom. The molecule has 2 N–H and O–H groups in total. The van der Waals surface area contributed by atoms with Crippen LogP contribution in [0, 0.1) is 6.92 Å². The van der Waals surface area contributed by atoms with E-state index in [9.17, 15) is 9.59 Å². The van der Waals surface area contributed by atoms with Crippen LogP contribution in [0.15, 0.2) is 67.0 Å². The Labute approximate surface area is 171 Å². The van der Waals surface area contributed by atoms with Crippen molar-refractivity contribution in [3.63, 3.8) is 0 Å². The number of nitrogens with zero attached hydrogens (tertiary/aromatic N) is 2. The fourth-order valence-electron chi connectivity index (χ4n) is 2.92. The lowest BCUT2D eigenvalue weighted by molar-refractivity contribution is 0.0949. The Bertz CT molecular complexity index is 1190. The molecular formula is C22H18N4O2S. The van der Waals surface area contributed by atoms with Crippen LogP contribution in [0.2, 0.25) is 0 Å². The highest BCUT2D eigenvalue weighted by atomic mass is 32.1. The molecule has 0 aliphatic carbocycles. The Morgan fingerprint density at radius 3 is 2.72 bits per heavy atom. The second kappa shape index (κ2) is 8.20. The molecule has 2 heterocycles. The molecule has 144 valence electrons. The lowest BCUT2D eigenvalue weighted by Gasteiger charge is -2.11. The standard InChI is InChI=1S/C22H18N4O2S/c1-14-8-9-16(21(27)24-13-15-5-4-10-23-12-15)11-18(14)25-22(28)20-17-6-2-3-7-19(17)29-26-20/h2-12H,13H2,1H3,(H,24,27)(H,25,28). The van der Waals surface area contributed by atoms with Crippen molar-refractivity contribution in [1.82, 2.24) is 14.7 Å². The fourth-order valence-corrected chi connectivity index (χ4v) is 3.69. The van der Waals surface area contributed by atoms with Crippen molar-refractivity contribution in [2.75, 3.05) is 5.32 Å². The van der Waals surface area contributed by atoms with Crippen LogP contribution in [0.4, 0.5) is 5.69 Å². The second-order valence-corrected chi connectivity index (χ2v) is 7.36. The van der Waals surface area contributed by atoms with E-state index in [1.807, 2.05) is 49.4 Å². The molecule has 2 aromatic heterocycles. The first-order chi connectivity index (χ1) is 14.1. The van der Waals surface area contributed by atoms with Gasteiger partial charge in [-0.1, -0.05) is 30.3 Å². The highest BCUT2D eigenvalue weighted by Gasteiger charge is 2.16. The molecule has 0 unspecified atom stereocenters. The number of carbonyl (C=O) groups excluding carboxylic acids is 2. The molecule has 0 bridgehead atoms. The van der Waals surface area contributed by atoms with E-state index >= 15 is 0 Å². The van der Waals surface area contributed by atoms with E-state index in [-0.39, 0.29) is 11.8 Å². The smallest absolute Gasteiger partial charge is 0.276 e. The SMILES string of the molecule is Cc1ccc(C(=O)NCc2cccnc2)cc1NC(=O)c1nsc2ccccc12. The largest absolute Gasteiger partial charge is 0.348 e. The average Bonchev–Trinajstić information content (AvgIpc) is 3.18. The summed E-state index contributed by atoms with van der Waals surface area (Å²) in [6.07, 6.45) is 3.39. The number of hydrogen-bond acceptors (Lipinski definition) is 5. The van der Waals surface area contributed by atoms with Gasteiger partial charge in [-0.2, -0.15) is 4.37 Å². The number of amides is 2. The third-order valence-electron chi connectivity index (χ3n) is 4.52. The van der Waals surface area contributed by atoms with Crippen molar-refractivity contribution < 1.29 is 9.59 Å². The Hall–Kier alpha value is -3.58. The van der Waals surface area contributed by atoms with E-state index in [1.54, 1.807) is 24.5 Å². The molecule has 0 spiro atoms. The zero-order valence-electron chi connectivity index (χ0n) is 15.7. The number of fused-ring (bicyclic) bond motifs is 1. The molecule has 0 radical (unpaired) electrons. The predicted molar refractivity (Wildman–Crippen MR) is 114 cm³/mol. The molecule has 7 heteroatoms. The summed E-state index contributed by atoms with van der Waals surface area (Å²) in [4.78, 5) is 29.3. The minimum atomic E-state index is -0.293. The van der Waals surface area contributed by atoms with E-state index in [0.29, 0.717) is 23.5 Å². The van der Waals surface area contributed by atoms with Gasteiger partial charge in [-0.25, -0.2) is 0 Å². The quantitative estimate of drug-likeness (QED) is 0.524. The van der Waals surface area contributed by atoms with Crippen molar-refractivity contribution in [2.24, 2.45) is 0 Å². The van der Waals surface area contributed by atoms with Gasteiger partial charge in [-0.15, -0.1) is 0 Å². The third-order valence-corrected chi connectivity index (χ3v) is 5.34. The van der Waals surface area contributed by atoms with E-state index in [1.165, 1.54) is 11.5 Å². The summed E-state index contributed by atoms with van der Waals surface area (Å²) >= 11 is 1.29. The summed E-state index contributed by atoms with van der Waals surface area (Å²) in [6.45, 7) is 2.26. The molecule has 0 aliphatic rings. The lowest BCUT2D eigenvalue weighted by Crippen LogP contribution is -2.23. The number of pyridine rings is 1. The number of rotatable bonds is 5.